The zero-order valence-electron chi connectivity index (χ0n) is 10.3. The maximum absolute atomic E-state index is 9.54. The molecule has 3 nitrogen and oxygen atoms in total. The summed E-state index contributed by atoms with van der Waals surface area (Å²) in [4.78, 5) is 6.41. The van der Waals surface area contributed by atoms with E-state index in [1.54, 1.807) is 18.3 Å². The Balaban J connectivity index is 2.17. The molecule has 2 aromatic rings. The molecule has 1 heterocycles. The fraction of sp³-hybridized carbons (Fsp3) is 0.308. The second kappa shape index (κ2) is 5.82. The van der Waals surface area contributed by atoms with Gasteiger partial charge in [-0.2, -0.15) is 0 Å². The zero-order valence-corrected chi connectivity index (χ0v) is 12.7. The van der Waals surface area contributed by atoms with E-state index >= 15 is 0 Å². The molecule has 0 aliphatic rings. The van der Waals surface area contributed by atoms with E-state index in [0.29, 0.717) is 0 Å². The van der Waals surface area contributed by atoms with Gasteiger partial charge in [-0.05, 0) is 40.5 Å². The molecule has 1 aromatic heterocycles. The summed E-state index contributed by atoms with van der Waals surface area (Å²) in [6.45, 7) is 2.54. The average Bonchev–Trinajstić information content (AvgIpc) is 2.81. The summed E-state index contributed by atoms with van der Waals surface area (Å²) in [5.41, 5.74) is 4.91. The molecular formula is C13H15BrN2OS. The zero-order chi connectivity index (χ0) is 13.1. The van der Waals surface area contributed by atoms with Crippen LogP contribution in [0.4, 0.5) is 5.69 Å². The number of benzene rings is 1. The number of anilines is 1. The highest BCUT2D eigenvalue weighted by atomic mass is 79.9. The highest BCUT2D eigenvalue weighted by molar-refractivity contribution is 9.10. The normalized spacial score (nSPS) is 12.4. The molecule has 0 fully saturated rings. The fourth-order valence-electron chi connectivity index (χ4n) is 1.74. The summed E-state index contributed by atoms with van der Waals surface area (Å²) in [5.74, 6) is 0. The van der Waals surface area contributed by atoms with Gasteiger partial charge in [-0.1, -0.05) is 6.07 Å². The molecule has 0 amide bonds. The number of aliphatic hydroxyl groups excluding tert-OH is 1. The van der Waals surface area contributed by atoms with Crippen molar-refractivity contribution in [2.45, 2.75) is 19.6 Å². The van der Waals surface area contributed by atoms with Crippen molar-refractivity contribution in [2.24, 2.45) is 0 Å². The predicted octanol–water partition coefficient (Wildman–Crippen LogP) is 3.60. The molecule has 0 bridgehead atoms. The standard InChI is InChI=1S/C13H15BrN2OS/c1-9(17)10-3-4-13(12(14)5-10)16(2)6-11-7-18-8-15-11/h3-5,7-9,17H,6H2,1-2H3/t9-/m1/s1. The van der Waals surface area contributed by atoms with E-state index in [4.69, 9.17) is 0 Å². The van der Waals surface area contributed by atoms with Crippen molar-refractivity contribution in [2.75, 3.05) is 11.9 Å². The van der Waals surface area contributed by atoms with Crippen molar-refractivity contribution in [1.29, 1.82) is 0 Å². The highest BCUT2D eigenvalue weighted by Crippen LogP contribution is 2.29. The first-order valence-corrected chi connectivity index (χ1v) is 7.37. The van der Waals surface area contributed by atoms with E-state index in [9.17, 15) is 5.11 Å². The van der Waals surface area contributed by atoms with Crippen LogP contribution in [0.1, 0.15) is 24.3 Å². The first kappa shape index (κ1) is 13.5. The lowest BCUT2D eigenvalue weighted by atomic mass is 10.1. The van der Waals surface area contributed by atoms with Crippen LogP contribution in [-0.4, -0.2) is 17.1 Å². The Hall–Kier alpha value is -0.910. The Kier molecular flexibility index (Phi) is 4.37. The third-order valence-corrected chi connectivity index (χ3v) is 4.02. The van der Waals surface area contributed by atoms with Crippen LogP contribution in [0.15, 0.2) is 33.6 Å². The quantitative estimate of drug-likeness (QED) is 0.932. The van der Waals surface area contributed by atoms with E-state index in [1.807, 2.05) is 30.8 Å². The molecule has 2 rings (SSSR count). The van der Waals surface area contributed by atoms with Gasteiger partial charge in [0.1, 0.15) is 0 Å². The molecule has 0 spiro atoms. The smallest absolute Gasteiger partial charge is 0.0795 e. The Bertz CT molecular complexity index is 514. The second-order valence-corrected chi connectivity index (χ2v) is 5.80. The van der Waals surface area contributed by atoms with Gasteiger partial charge in [-0.25, -0.2) is 4.98 Å². The van der Waals surface area contributed by atoms with Gasteiger partial charge in [0.05, 0.1) is 29.5 Å². The summed E-state index contributed by atoms with van der Waals surface area (Å²) in [6, 6.07) is 5.92. The van der Waals surface area contributed by atoms with E-state index in [2.05, 4.69) is 31.2 Å². The Morgan fingerprint density at radius 2 is 2.28 bits per heavy atom. The third kappa shape index (κ3) is 3.10. The fourth-order valence-corrected chi connectivity index (χ4v) is 2.99. The number of rotatable bonds is 4. The van der Waals surface area contributed by atoms with Gasteiger partial charge in [0, 0.05) is 16.9 Å². The number of halogens is 1. The van der Waals surface area contributed by atoms with Crippen molar-refractivity contribution in [1.82, 2.24) is 4.98 Å². The summed E-state index contributed by atoms with van der Waals surface area (Å²) in [7, 11) is 2.03. The topological polar surface area (TPSA) is 36.4 Å². The van der Waals surface area contributed by atoms with E-state index < -0.39 is 6.10 Å². The summed E-state index contributed by atoms with van der Waals surface area (Å²) in [6.07, 6.45) is -0.445. The number of hydrogen-bond acceptors (Lipinski definition) is 4. The van der Waals surface area contributed by atoms with E-state index in [1.165, 1.54) is 0 Å². The minimum absolute atomic E-state index is 0.445. The van der Waals surface area contributed by atoms with Crippen molar-refractivity contribution < 1.29 is 5.11 Å². The van der Waals surface area contributed by atoms with Crippen molar-refractivity contribution in [3.05, 3.63) is 44.8 Å². The van der Waals surface area contributed by atoms with E-state index in [0.717, 1.165) is 28.0 Å². The SMILES string of the molecule is C[C@@H](O)c1ccc(N(C)Cc2cscn2)c(Br)c1. The van der Waals surface area contributed by atoms with Gasteiger partial charge >= 0.3 is 0 Å². The Morgan fingerprint density at radius 1 is 1.50 bits per heavy atom. The largest absolute Gasteiger partial charge is 0.389 e. The summed E-state index contributed by atoms with van der Waals surface area (Å²) >= 11 is 5.15. The van der Waals surface area contributed by atoms with Gasteiger partial charge in [-0.3, -0.25) is 0 Å². The van der Waals surface area contributed by atoms with Crippen LogP contribution in [-0.2, 0) is 6.54 Å². The number of hydrogen-bond donors (Lipinski definition) is 1. The molecule has 96 valence electrons. The van der Waals surface area contributed by atoms with Crippen LogP contribution in [0, 0.1) is 0 Å². The van der Waals surface area contributed by atoms with Gasteiger partial charge in [0.25, 0.3) is 0 Å². The molecule has 0 aliphatic carbocycles. The van der Waals surface area contributed by atoms with E-state index in [-0.39, 0.29) is 0 Å². The summed E-state index contributed by atoms with van der Waals surface area (Å²) < 4.78 is 0.985. The molecular weight excluding hydrogens is 312 g/mol. The van der Waals surface area contributed by atoms with Crippen molar-refractivity contribution in [3.63, 3.8) is 0 Å². The molecule has 0 aliphatic heterocycles. The van der Waals surface area contributed by atoms with Gasteiger partial charge in [0.15, 0.2) is 0 Å². The van der Waals surface area contributed by atoms with Crippen LogP contribution in [0.3, 0.4) is 0 Å². The molecule has 1 atom stereocenters. The Labute approximate surface area is 119 Å². The van der Waals surface area contributed by atoms with Crippen molar-refractivity contribution in [3.8, 4) is 0 Å². The molecule has 0 saturated carbocycles. The molecule has 1 N–H and O–H groups in total. The lowest BCUT2D eigenvalue weighted by Crippen LogP contribution is -2.17. The number of nitrogens with zero attached hydrogens (tertiary/aromatic N) is 2. The molecule has 1 aromatic carbocycles. The van der Waals surface area contributed by atoms with Crippen molar-refractivity contribution >= 4 is 33.0 Å². The Morgan fingerprint density at radius 3 is 2.83 bits per heavy atom. The first-order valence-electron chi connectivity index (χ1n) is 5.63. The summed E-state index contributed by atoms with van der Waals surface area (Å²) in [5, 5.41) is 11.6. The number of aliphatic hydroxyl groups is 1. The lowest BCUT2D eigenvalue weighted by Gasteiger charge is -2.20. The number of aromatic nitrogens is 1. The molecule has 18 heavy (non-hydrogen) atoms. The van der Waals surface area contributed by atoms with Crippen LogP contribution in [0.5, 0.6) is 0 Å². The van der Waals surface area contributed by atoms with Crippen LogP contribution in [0.2, 0.25) is 0 Å². The predicted molar refractivity (Wildman–Crippen MR) is 79.0 cm³/mol. The molecule has 0 radical (unpaired) electrons. The third-order valence-electron chi connectivity index (χ3n) is 2.75. The molecule has 0 saturated heterocycles. The van der Waals surface area contributed by atoms with Gasteiger partial charge < -0.3 is 10.0 Å². The monoisotopic (exact) mass is 326 g/mol. The highest BCUT2D eigenvalue weighted by Gasteiger charge is 2.10. The van der Waals surface area contributed by atoms with Crippen LogP contribution < -0.4 is 4.90 Å². The maximum Gasteiger partial charge on any atom is 0.0795 e. The number of thiazole rings is 1. The minimum Gasteiger partial charge on any atom is -0.389 e. The average molecular weight is 327 g/mol. The second-order valence-electron chi connectivity index (χ2n) is 4.22. The minimum atomic E-state index is -0.445. The van der Waals surface area contributed by atoms with Gasteiger partial charge in [-0.15, -0.1) is 11.3 Å². The lowest BCUT2D eigenvalue weighted by molar-refractivity contribution is 0.199. The molecule has 5 heteroatoms. The first-order chi connectivity index (χ1) is 8.58. The van der Waals surface area contributed by atoms with Crippen LogP contribution in [0.25, 0.3) is 0 Å². The molecule has 0 unspecified atom stereocenters. The maximum atomic E-state index is 9.54. The van der Waals surface area contributed by atoms with Crippen LogP contribution >= 0.6 is 27.3 Å². The van der Waals surface area contributed by atoms with Gasteiger partial charge in [0.2, 0.25) is 0 Å².